The van der Waals surface area contributed by atoms with Crippen molar-refractivity contribution in [1.82, 2.24) is 0 Å². The number of anilines is 1. The highest BCUT2D eigenvalue weighted by Crippen LogP contribution is 2.22. The highest BCUT2D eigenvalue weighted by molar-refractivity contribution is 7.82. The first-order chi connectivity index (χ1) is 15.1. The molecule has 0 unspecified atom stereocenters. The van der Waals surface area contributed by atoms with Crippen LogP contribution in [0.4, 0.5) is 10.5 Å². The van der Waals surface area contributed by atoms with Crippen molar-refractivity contribution in [3.05, 3.63) is 90.0 Å². The number of benzene rings is 3. The maximum atomic E-state index is 11.2. The Morgan fingerprint density at radius 1 is 0.774 bits per heavy atom. The van der Waals surface area contributed by atoms with Crippen LogP contribution in [0.1, 0.15) is 30.4 Å². The molecule has 0 heterocycles. The summed E-state index contributed by atoms with van der Waals surface area (Å²) in [6.45, 7) is 1.27. The number of amides is 2. The molecule has 6 heteroatoms. The fourth-order valence-electron chi connectivity index (χ4n) is 3.17. The molecule has 31 heavy (non-hydrogen) atoms. The number of rotatable bonds is 11. The van der Waals surface area contributed by atoms with Crippen molar-refractivity contribution in [2.75, 3.05) is 17.5 Å². The van der Waals surface area contributed by atoms with E-state index in [4.69, 9.17) is 15.2 Å². The molecule has 162 valence electrons. The number of carbonyl (C=O) groups excluding carboxylic acids is 1. The van der Waals surface area contributed by atoms with Crippen molar-refractivity contribution in [3.63, 3.8) is 0 Å². The van der Waals surface area contributed by atoms with E-state index in [2.05, 4.69) is 49.2 Å². The van der Waals surface area contributed by atoms with Gasteiger partial charge in [0.25, 0.3) is 0 Å². The summed E-state index contributed by atoms with van der Waals surface area (Å²) in [5.74, 6) is 1.59. The van der Waals surface area contributed by atoms with E-state index in [-0.39, 0.29) is 0 Å². The lowest BCUT2D eigenvalue weighted by molar-refractivity contribution is 0.257. The lowest BCUT2D eigenvalue weighted by Crippen LogP contribution is -2.27. The maximum absolute atomic E-state index is 11.2. The average molecular weight is 437 g/mol. The highest BCUT2D eigenvalue weighted by atomic mass is 32.1. The van der Waals surface area contributed by atoms with Gasteiger partial charge in [-0.05, 0) is 61.1 Å². The van der Waals surface area contributed by atoms with Crippen molar-refractivity contribution in [2.45, 2.75) is 25.7 Å². The minimum absolute atomic E-state index is 0.580. The second kappa shape index (κ2) is 11.9. The second-order valence-corrected chi connectivity index (χ2v) is 7.61. The summed E-state index contributed by atoms with van der Waals surface area (Å²) in [7, 11) is 0. The van der Waals surface area contributed by atoms with Crippen LogP contribution in [0, 0.1) is 0 Å². The minimum atomic E-state index is -0.633. The summed E-state index contributed by atoms with van der Waals surface area (Å²) >= 11 is 4.06. The van der Waals surface area contributed by atoms with Gasteiger partial charge in [0, 0.05) is 6.07 Å². The zero-order valence-corrected chi connectivity index (χ0v) is 18.3. The summed E-state index contributed by atoms with van der Waals surface area (Å²) in [5, 5.41) is 0. The van der Waals surface area contributed by atoms with Crippen LogP contribution in [0.5, 0.6) is 11.5 Å². The third-order valence-corrected chi connectivity index (χ3v) is 5.17. The number of urea groups is 1. The SMILES string of the molecule is NC(=O)N(S)c1cccc(OCCCCCOc2cccc(Cc3ccccc3)c2)c1. The molecule has 3 rings (SSSR count). The quantitative estimate of drug-likeness (QED) is 0.302. The molecule has 2 N–H and O–H groups in total. The van der Waals surface area contributed by atoms with Gasteiger partial charge >= 0.3 is 6.03 Å². The largest absolute Gasteiger partial charge is 0.494 e. The van der Waals surface area contributed by atoms with Crippen LogP contribution < -0.4 is 19.5 Å². The minimum Gasteiger partial charge on any atom is -0.494 e. The van der Waals surface area contributed by atoms with Crippen LogP contribution in [-0.2, 0) is 6.42 Å². The van der Waals surface area contributed by atoms with Gasteiger partial charge in [0.05, 0.1) is 18.9 Å². The zero-order chi connectivity index (χ0) is 21.9. The number of hydrogen-bond donors (Lipinski definition) is 2. The molecule has 0 fully saturated rings. The molecule has 0 aliphatic carbocycles. The molecule has 3 aromatic carbocycles. The second-order valence-electron chi connectivity index (χ2n) is 7.21. The van der Waals surface area contributed by atoms with Gasteiger partial charge < -0.3 is 15.2 Å². The molecule has 0 saturated carbocycles. The van der Waals surface area contributed by atoms with E-state index in [1.54, 1.807) is 18.2 Å². The van der Waals surface area contributed by atoms with E-state index in [1.165, 1.54) is 11.1 Å². The summed E-state index contributed by atoms with van der Waals surface area (Å²) in [6, 6.07) is 25.2. The molecule has 0 radical (unpaired) electrons. The van der Waals surface area contributed by atoms with Crippen LogP contribution in [0.2, 0.25) is 0 Å². The number of thiol groups is 1. The first kappa shape index (κ1) is 22.6. The Balaban J connectivity index is 1.33. The van der Waals surface area contributed by atoms with E-state index in [1.807, 2.05) is 24.3 Å². The number of carbonyl (C=O) groups is 1. The van der Waals surface area contributed by atoms with Crippen molar-refractivity contribution >= 4 is 24.5 Å². The molecule has 0 atom stereocenters. The predicted octanol–water partition coefficient (Wildman–Crippen LogP) is 5.64. The smallest absolute Gasteiger partial charge is 0.329 e. The number of primary amides is 1. The zero-order valence-electron chi connectivity index (χ0n) is 17.4. The van der Waals surface area contributed by atoms with Crippen molar-refractivity contribution in [2.24, 2.45) is 5.73 Å². The van der Waals surface area contributed by atoms with E-state index in [9.17, 15) is 4.79 Å². The molecule has 0 aromatic heterocycles. The van der Waals surface area contributed by atoms with Crippen LogP contribution in [0.25, 0.3) is 0 Å². The normalized spacial score (nSPS) is 10.5. The standard InChI is InChI=1S/C25H28N2O3S/c26-25(28)27(31)22-12-8-14-24(19-22)30-16-6-2-5-15-29-23-13-7-11-21(18-23)17-20-9-3-1-4-10-20/h1,3-4,7-14,18-19,31H,2,5-6,15-17H2,(H2,26,28). The number of unbranched alkanes of at least 4 members (excludes halogenated alkanes) is 2. The highest BCUT2D eigenvalue weighted by Gasteiger charge is 2.08. The molecule has 2 amide bonds. The lowest BCUT2D eigenvalue weighted by Gasteiger charge is -2.14. The van der Waals surface area contributed by atoms with Gasteiger partial charge in [0.2, 0.25) is 0 Å². The van der Waals surface area contributed by atoms with Gasteiger partial charge in [-0.25, -0.2) is 9.10 Å². The van der Waals surface area contributed by atoms with Gasteiger partial charge in [-0.3, -0.25) is 0 Å². The summed E-state index contributed by atoms with van der Waals surface area (Å²) in [5.41, 5.74) is 8.35. The van der Waals surface area contributed by atoms with E-state index in [0.29, 0.717) is 24.7 Å². The molecule has 0 bridgehead atoms. The third kappa shape index (κ3) is 7.57. The predicted molar refractivity (Wildman–Crippen MR) is 128 cm³/mol. The van der Waals surface area contributed by atoms with Gasteiger partial charge in [0.1, 0.15) is 11.5 Å². The number of ether oxygens (including phenoxy) is 2. The fraction of sp³-hybridized carbons (Fsp3) is 0.240. The molecule has 5 nitrogen and oxygen atoms in total. The average Bonchev–Trinajstić information content (AvgIpc) is 2.79. The molecule has 3 aromatic rings. The Labute approximate surface area is 189 Å². The van der Waals surface area contributed by atoms with E-state index < -0.39 is 6.03 Å². The third-order valence-electron chi connectivity index (χ3n) is 4.75. The Kier molecular flexibility index (Phi) is 8.67. The van der Waals surface area contributed by atoms with Gasteiger partial charge in [0.15, 0.2) is 0 Å². The van der Waals surface area contributed by atoms with Crippen molar-refractivity contribution in [3.8, 4) is 11.5 Å². The number of hydrogen-bond acceptors (Lipinski definition) is 4. The molecular weight excluding hydrogens is 408 g/mol. The Hall–Kier alpha value is -3.12. The van der Waals surface area contributed by atoms with Crippen LogP contribution in [0.15, 0.2) is 78.9 Å². The summed E-state index contributed by atoms with van der Waals surface area (Å²) in [4.78, 5) is 11.2. The van der Waals surface area contributed by atoms with Crippen LogP contribution in [0.3, 0.4) is 0 Å². The van der Waals surface area contributed by atoms with E-state index in [0.717, 1.165) is 35.7 Å². The Morgan fingerprint density at radius 2 is 1.39 bits per heavy atom. The summed E-state index contributed by atoms with van der Waals surface area (Å²) < 4.78 is 12.8. The van der Waals surface area contributed by atoms with E-state index >= 15 is 0 Å². The van der Waals surface area contributed by atoms with Crippen molar-refractivity contribution < 1.29 is 14.3 Å². The Bertz CT molecular complexity index is 966. The van der Waals surface area contributed by atoms with Gasteiger partial charge in [-0.15, -0.1) is 0 Å². The van der Waals surface area contributed by atoms with Gasteiger partial charge in [-0.2, -0.15) is 0 Å². The Morgan fingerprint density at radius 3 is 2.06 bits per heavy atom. The fourth-order valence-corrected chi connectivity index (χ4v) is 3.29. The maximum Gasteiger partial charge on any atom is 0.329 e. The topological polar surface area (TPSA) is 64.8 Å². The first-order valence-corrected chi connectivity index (χ1v) is 10.8. The van der Waals surface area contributed by atoms with Crippen LogP contribution in [-0.4, -0.2) is 19.2 Å². The monoisotopic (exact) mass is 436 g/mol. The van der Waals surface area contributed by atoms with Gasteiger partial charge in [-0.1, -0.05) is 61.3 Å². The molecule has 0 saturated heterocycles. The van der Waals surface area contributed by atoms with Crippen LogP contribution >= 0.6 is 12.8 Å². The first-order valence-electron chi connectivity index (χ1n) is 10.4. The molecule has 0 aliphatic heterocycles. The number of nitrogens with two attached hydrogens (primary N) is 1. The summed E-state index contributed by atoms with van der Waals surface area (Å²) in [6.07, 6.45) is 3.78. The molecule has 0 spiro atoms. The lowest BCUT2D eigenvalue weighted by atomic mass is 10.1. The van der Waals surface area contributed by atoms with Crippen molar-refractivity contribution in [1.29, 1.82) is 0 Å². The number of nitrogens with zero attached hydrogens (tertiary/aromatic N) is 1. The molecule has 0 aliphatic rings. The molecular formula is C25H28N2O3S.